The van der Waals surface area contributed by atoms with Crippen LogP contribution in [0.25, 0.3) is 11.3 Å². The first kappa shape index (κ1) is 18.1. The number of carbonyl (C=O) groups is 2. The molecule has 1 N–H and O–H groups in total. The molecule has 1 atom stereocenters. The Morgan fingerprint density at radius 3 is 2.62 bits per heavy atom. The van der Waals surface area contributed by atoms with Crippen LogP contribution < -0.4 is 0 Å². The van der Waals surface area contributed by atoms with Gasteiger partial charge in [-0.05, 0) is 25.5 Å². The molecule has 3 rings (SSSR count). The van der Waals surface area contributed by atoms with Gasteiger partial charge in [-0.1, -0.05) is 5.16 Å². The van der Waals surface area contributed by atoms with Gasteiger partial charge in [0.05, 0.1) is 0 Å². The Bertz CT molecular complexity index is 788. The highest BCUT2D eigenvalue weighted by atomic mass is 16.5. The van der Waals surface area contributed by atoms with Crippen LogP contribution in [0.4, 0.5) is 0 Å². The zero-order valence-electron chi connectivity index (χ0n) is 14.9. The van der Waals surface area contributed by atoms with Crippen molar-refractivity contribution in [1.82, 2.24) is 19.9 Å². The van der Waals surface area contributed by atoms with E-state index in [2.05, 4.69) is 10.1 Å². The number of amides is 2. The summed E-state index contributed by atoms with van der Waals surface area (Å²) < 4.78 is 5.27. The molecule has 8 nitrogen and oxygen atoms in total. The first-order valence-corrected chi connectivity index (χ1v) is 8.62. The van der Waals surface area contributed by atoms with Crippen LogP contribution in [0.5, 0.6) is 0 Å². The van der Waals surface area contributed by atoms with Crippen LogP contribution in [0.15, 0.2) is 29.0 Å². The molecule has 1 saturated heterocycles. The van der Waals surface area contributed by atoms with E-state index in [1.54, 1.807) is 34.3 Å². The van der Waals surface area contributed by atoms with Crippen molar-refractivity contribution >= 4 is 11.8 Å². The molecular weight excluding hydrogens is 336 g/mol. The van der Waals surface area contributed by atoms with E-state index in [-0.39, 0.29) is 23.1 Å². The third-order valence-electron chi connectivity index (χ3n) is 4.48. The zero-order chi connectivity index (χ0) is 18.7. The average Bonchev–Trinajstić information content (AvgIpc) is 2.92. The van der Waals surface area contributed by atoms with Crippen LogP contribution in [-0.4, -0.2) is 63.0 Å². The van der Waals surface area contributed by atoms with E-state index in [1.165, 1.54) is 13.8 Å². The highest BCUT2D eigenvalue weighted by Crippen LogP contribution is 2.30. The third kappa shape index (κ3) is 3.60. The first-order valence-electron chi connectivity index (χ1n) is 8.62. The number of carbonyl (C=O) groups excluding carboxylic acids is 2. The fraction of sp³-hybridized carbons (Fsp3) is 0.444. The molecule has 2 aromatic heterocycles. The van der Waals surface area contributed by atoms with Crippen LogP contribution in [-0.2, 0) is 4.79 Å². The Labute approximate surface area is 151 Å². The lowest BCUT2D eigenvalue weighted by molar-refractivity contribution is -0.128. The molecule has 0 saturated carbocycles. The van der Waals surface area contributed by atoms with Crippen molar-refractivity contribution in [3.63, 3.8) is 0 Å². The van der Waals surface area contributed by atoms with Crippen molar-refractivity contribution in [2.24, 2.45) is 0 Å². The van der Waals surface area contributed by atoms with Gasteiger partial charge in [-0.25, -0.2) is 0 Å². The number of aliphatic hydroxyl groups is 1. The van der Waals surface area contributed by atoms with Gasteiger partial charge in [0.15, 0.2) is 5.76 Å². The molecule has 1 fully saturated rings. The predicted octanol–water partition coefficient (Wildman–Crippen LogP) is 1.48. The molecule has 0 aromatic carbocycles. The average molecular weight is 358 g/mol. The molecule has 0 radical (unpaired) electrons. The summed E-state index contributed by atoms with van der Waals surface area (Å²) in [5, 5.41) is 14.0. The second kappa shape index (κ2) is 7.65. The topological polar surface area (TPSA) is 99.8 Å². The van der Waals surface area contributed by atoms with E-state index < -0.39 is 6.10 Å². The van der Waals surface area contributed by atoms with Crippen LogP contribution in [0.3, 0.4) is 0 Å². The number of nitrogens with zero attached hydrogens (tertiary/aromatic N) is 4. The standard InChI is InChI=1S/C18H22N4O4/c1-12(23)17-15(16(20-26-17)14-5-3-6-19-11-14)18(25)22-8-4-7-21(9-10-22)13(2)24/h3,5-6,11-12,23H,4,7-10H2,1-2H3. The van der Waals surface area contributed by atoms with Crippen molar-refractivity contribution in [3.8, 4) is 11.3 Å². The van der Waals surface area contributed by atoms with Crippen molar-refractivity contribution in [2.75, 3.05) is 26.2 Å². The molecule has 1 aliphatic rings. The second-order valence-electron chi connectivity index (χ2n) is 6.34. The molecule has 0 bridgehead atoms. The van der Waals surface area contributed by atoms with Gasteiger partial charge in [0.2, 0.25) is 5.91 Å². The second-order valence-corrected chi connectivity index (χ2v) is 6.34. The highest BCUT2D eigenvalue weighted by Gasteiger charge is 2.31. The van der Waals surface area contributed by atoms with Gasteiger partial charge in [-0.15, -0.1) is 0 Å². The molecule has 1 unspecified atom stereocenters. The normalized spacial score (nSPS) is 16.3. The number of aliphatic hydroxyl groups excluding tert-OH is 1. The maximum absolute atomic E-state index is 13.2. The summed E-state index contributed by atoms with van der Waals surface area (Å²) in [5.41, 5.74) is 1.27. The molecule has 3 heterocycles. The number of hydrogen-bond acceptors (Lipinski definition) is 6. The summed E-state index contributed by atoms with van der Waals surface area (Å²) in [5.74, 6) is -0.113. The fourth-order valence-corrected chi connectivity index (χ4v) is 3.09. The highest BCUT2D eigenvalue weighted by molar-refractivity contribution is 6.01. The number of pyridine rings is 1. The molecule has 2 amide bonds. The third-order valence-corrected chi connectivity index (χ3v) is 4.48. The van der Waals surface area contributed by atoms with Gasteiger partial charge in [0.1, 0.15) is 17.4 Å². The Hall–Kier alpha value is -2.74. The zero-order valence-corrected chi connectivity index (χ0v) is 14.9. The Kier molecular flexibility index (Phi) is 5.32. The van der Waals surface area contributed by atoms with Gasteiger partial charge in [-0.3, -0.25) is 14.6 Å². The van der Waals surface area contributed by atoms with Crippen molar-refractivity contribution < 1.29 is 19.2 Å². The summed E-state index contributed by atoms with van der Waals surface area (Å²) in [4.78, 5) is 32.3. The smallest absolute Gasteiger partial charge is 0.259 e. The molecule has 8 heteroatoms. The fourth-order valence-electron chi connectivity index (χ4n) is 3.09. The summed E-state index contributed by atoms with van der Waals surface area (Å²) in [6, 6.07) is 3.53. The molecule has 0 aliphatic carbocycles. The SMILES string of the molecule is CC(=O)N1CCCN(C(=O)c2c(-c3cccnc3)noc2C(C)O)CC1. The molecule has 1 aliphatic heterocycles. The Balaban J connectivity index is 1.93. The molecule has 138 valence electrons. The van der Waals surface area contributed by atoms with E-state index >= 15 is 0 Å². The van der Waals surface area contributed by atoms with Crippen molar-refractivity contribution in [2.45, 2.75) is 26.4 Å². The van der Waals surface area contributed by atoms with E-state index in [4.69, 9.17) is 4.52 Å². The molecular formula is C18H22N4O4. The summed E-state index contributed by atoms with van der Waals surface area (Å²) in [7, 11) is 0. The maximum Gasteiger partial charge on any atom is 0.259 e. The van der Waals surface area contributed by atoms with E-state index in [9.17, 15) is 14.7 Å². The Morgan fingerprint density at radius 2 is 1.96 bits per heavy atom. The molecule has 26 heavy (non-hydrogen) atoms. The minimum absolute atomic E-state index is 0.00463. The van der Waals surface area contributed by atoms with Gasteiger partial charge in [0, 0.05) is 51.1 Å². The van der Waals surface area contributed by atoms with E-state index in [1.807, 2.05) is 0 Å². The van der Waals surface area contributed by atoms with E-state index in [0.717, 1.165) is 0 Å². The van der Waals surface area contributed by atoms with E-state index in [0.29, 0.717) is 43.9 Å². The Morgan fingerprint density at radius 1 is 1.23 bits per heavy atom. The minimum atomic E-state index is -0.965. The lowest BCUT2D eigenvalue weighted by Gasteiger charge is -2.21. The van der Waals surface area contributed by atoms with Gasteiger partial charge in [-0.2, -0.15) is 0 Å². The minimum Gasteiger partial charge on any atom is -0.385 e. The summed E-state index contributed by atoms with van der Waals surface area (Å²) in [6.07, 6.45) is 2.96. The monoisotopic (exact) mass is 358 g/mol. The maximum atomic E-state index is 13.2. The van der Waals surface area contributed by atoms with Gasteiger partial charge < -0.3 is 19.4 Å². The molecule has 0 spiro atoms. The van der Waals surface area contributed by atoms with Crippen LogP contribution in [0, 0.1) is 0 Å². The largest absolute Gasteiger partial charge is 0.385 e. The van der Waals surface area contributed by atoms with Crippen LogP contribution >= 0.6 is 0 Å². The van der Waals surface area contributed by atoms with Crippen LogP contribution in [0.1, 0.15) is 42.5 Å². The van der Waals surface area contributed by atoms with Gasteiger partial charge >= 0.3 is 0 Å². The van der Waals surface area contributed by atoms with Crippen LogP contribution in [0.2, 0.25) is 0 Å². The number of hydrogen-bond donors (Lipinski definition) is 1. The summed E-state index contributed by atoms with van der Waals surface area (Å²) >= 11 is 0. The number of rotatable bonds is 3. The molecule has 2 aromatic rings. The van der Waals surface area contributed by atoms with Crippen molar-refractivity contribution in [3.05, 3.63) is 35.9 Å². The number of aromatic nitrogens is 2. The quantitative estimate of drug-likeness (QED) is 0.892. The summed E-state index contributed by atoms with van der Waals surface area (Å²) in [6.45, 7) is 5.13. The van der Waals surface area contributed by atoms with Crippen molar-refractivity contribution in [1.29, 1.82) is 0 Å². The lowest BCUT2D eigenvalue weighted by Crippen LogP contribution is -2.37. The lowest BCUT2D eigenvalue weighted by atomic mass is 10.0. The van der Waals surface area contributed by atoms with Gasteiger partial charge in [0.25, 0.3) is 5.91 Å². The predicted molar refractivity (Wildman–Crippen MR) is 93.1 cm³/mol. The first-order chi connectivity index (χ1) is 12.5.